The van der Waals surface area contributed by atoms with Gasteiger partial charge in [0.05, 0.1) is 11.4 Å². The van der Waals surface area contributed by atoms with Crippen LogP contribution < -0.4 is 27.0 Å². The molecule has 0 aliphatic carbocycles. The molecular formula is C20H36BrN5O5. The summed E-state index contributed by atoms with van der Waals surface area (Å²) in [4.78, 5) is 58.6. The molecule has 0 aromatic heterocycles. The first kappa shape index (κ1) is 28.8. The number of ketones is 1. The Hall–Kier alpha value is -2.17. The van der Waals surface area contributed by atoms with Crippen molar-refractivity contribution >= 4 is 45.5 Å². The Morgan fingerprint density at radius 3 is 2.06 bits per heavy atom. The van der Waals surface area contributed by atoms with E-state index in [9.17, 15) is 24.0 Å². The highest BCUT2D eigenvalue weighted by Gasteiger charge is 2.27. The number of halogens is 1. The number of hydrogen-bond donors (Lipinski definition) is 5. The largest absolute Gasteiger partial charge is 0.355 e. The van der Waals surface area contributed by atoms with Crippen LogP contribution in [0.1, 0.15) is 59.3 Å². The number of nitrogens with two attached hydrogens (primary N) is 1. The summed E-state index contributed by atoms with van der Waals surface area (Å²) >= 11 is 3.07. The van der Waals surface area contributed by atoms with Crippen molar-refractivity contribution in [2.75, 3.05) is 18.4 Å². The summed E-state index contributed by atoms with van der Waals surface area (Å²) in [5.41, 5.74) is 5.00. The summed E-state index contributed by atoms with van der Waals surface area (Å²) in [5.74, 6) is -1.08. The second kappa shape index (κ2) is 16.5. The van der Waals surface area contributed by atoms with Gasteiger partial charge in [0.2, 0.25) is 17.7 Å². The first-order valence-electron chi connectivity index (χ1n) is 10.5. The molecule has 0 bridgehead atoms. The van der Waals surface area contributed by atoms with E-state index in [2.05, 4.69) is 37.2 Å². The van der Waals surface area contributed by atoms with Gasteiger partial charge in [-0.05, 0) is 38.5 Å². The number of rotatable bonds is 16. The summed E-state index contributed by atoms with van der Waals surface area (Å²) in [6, 6.07) is -2.10. The fourth-order valence-electron chi connectivity index (χ4n) is 2.80. The molecule has 0 saturated carbocycles. The molecule has 178 valence electrons. The number of hydrogen-bond acceptors (Lipinski definition) is 5. The lowest BCUT2D eigenvalue weighted by atomic mass is 10.0. The molecule has 0 aromatic carbocycles. The van der Waals surface area contributed by atoms with Crippen LogP contribution in [0.2, 0.25) is 0 Å². The average molecular weight is 506 g/mol. The van der Waals surface area contributed by atoms with E-state index >= 15 is 0 Å². The SMILES string of the molecule is CC(=O)[C@H](CCCNC(N)=O)NC(=O)C(NC(=O)CCCCCNC(=O)CBr)C(C)C. The molecule has 31 heavy (non-hydrogen) atoms. The zero-order valence-corrected chi connectivity index (χ0v) is 20.2. The third-order valence-electron chi connectivity index (χ3n) is 4.57. The van der Waals surface area contributed by atoms with E-state index < -0.39 is 24.0 Å². The van der Waals surface area contributed by atoms with Gasteiger partial charge in [-0.1, -0.05) is 36.2 Å². The highest BCUT2D eigenvalue weighted by molar-refractivity contribution is 9.09. The Morgan fingerprint density at radius 2 is 1.52 bits per heavy atom. The molecule has 10 nitrogen and oxygen atoms in total. The summed E-state index contributed by atoms with van der Waals surface area (Å²) in [6.07, 6.45) is 3.29. The van der Waals surface area contributed by atoms with Gasteiger partial charge >= 0.3 is 6.03 Å². The van der Waals surface area contributed by atoms with E-state index in [1.54, 1.807) is 0 Å². The number of carbonyl (C=O) groups excluding carboxylic acids is 5. The molecule has 0 aliphatic rings. The van der Waals surface area contributed by atoms with Gasteiger partial charge in [-0.3, -0.25) is 19.2 Å². The highest BCUT2D eigenvalue weighted by Crippen LogP contribution is 2.07. The van der Waals surface area contributed by atoms with Crippen LogP contribution in [0, 0.1) is 5.92 Å². The van der Waals surface area contributed by atoms with Gasteiger partial charge in [-0.15, -0.1) is 0 Å². The van der Waals surface area contributed by atoms with Crippen molar-refractivity contribution in [3.63, 3.8) is 0 Å². The van der Waals surface area contributed by atoms with Crippen molar-refractivity contribution in [2.24, 2.45) is 11.7 Å². The Labute approximate surface area is 192 Å². The number of Topliss-reactive ketones (excluding diaryl/α,β-unsaturated/α-hetero) is 1. The fraction of sp³-hybridized carbons (Fsp3) is 0.750. The molecule has 0 aliphatic heterocycles. The van der Waals surface area contributed by atoms with Crippen LogP contribution in [0.25, 0.3) is 0 Å². The smallest absolute Gasteiger partial charge is 0.312 e. The molecule has 11 heteroatoms. The maximum atomic E-state index is 12.7. The van der Waals surface area contributed by atoms with Gasteiger partial charge < -0.3 is 27.0 Å². The number of primary amides is 1. The third-order valence-corrected chi connectivity index (χ3v) is 5.08. The normalized spacial score (nSPS) is 12.5. The van der Waals surface area contributed by atoms with Crippen LogP contribution in [0.4, 0.5) is 4.79 Å². The van der Waals surface area contributed by atoms with Gasteiger partial charge in [0, 0.05) is 19.5 Å². The minimum Gasteiger partial charge on any atom is -0.355 e. The lowest BCUT2D eigenvalue weighted by Crippen LogP contribution is -2.53. The van der Waals surface area contributed by atoms with E-state index in [0.717, 1.165) is 12.8 Å². The molecule has 5 amide bonds. The summed E-state index contributed by atoms with van der Waals surface area (Å²) in [6.45, 7) is 5.88. The maximum Gasteiger partial charge on any atom is 0.312 e. The van der Waals surface area contributed by atoms with E-state index in [-0.39, 0.29) is 35.3 Å². The van der Waals surface area contributed by atoms with E-state index in [1.165, 1.54) is 6.92 Å². The lowest BCUT2D eigenvalue weighted by Gasteiger charge is -2.24. The van der Waals surface area contributed by atoms with Crippen LogP contribution >= 0.6 is 15.9 Å². The first-order chi connectivity index (χ1) is 14.6. The van der Waals surface area contributed by atoms with Crippen molar-refractivity contribution in [3.05, 3.63) is 0 Å². The summed E-state index contributed by atoms with van der Waals surface area (Å²) < 4.78 is 0. The molecule has 6 N–H and O–H groups in total. The number of amides is 5. The molecule has 0 saturated heterocycles. The average Bonchev–Trinajstić information content (AvgIpc) is 2.69. The van der Waals surface area contributed by atoms with Gasteiger partial charge in [0.25, 0.3) is 0 Å². The monoisotopic (exact) mass is 505 g/mol. The van der Waals surface area contributed by atoms with Crippen molar-refractivity contribution < 1.29 is 24.0 Å². The van der Waals surface area contributed by atoms with Crippen LogP contribution in [-0.2, 0) is 19.2 Å². The van der Waals surface area contributed by atoms with E-state index in [1.807, 2.05) is 13.8 Å². The maximum absolute atomic E-state index is 12.7. The topological polar surface area (TPSA) is 159 Å². The molecule has 0 fully saturated rings. The quantitative estimate of drug-likeness (QED) is 0.154. The van der Waals surface area contributed by atoms with Crippen molar-refractivity contribution in [1.82, 2.24) is 21.3 Å². The Bertz CT molecular complexity index is 615. The molecule has 0 heterocycles. The molecule has 2 atom stereocenters. The molecule has 0 aromatic rings. The predicted octanol–water partition coefficient (Wildman–Crippen LogP) is 0.721. The third kappa shape index (κ3) is 14.5. The minimum atomic E-state index is -0.753. The first-order valence-corrected chi connectivity index (χ1v) is 11.7. The van der Waals surface area contributed by atoms with Gasteiger partial charge in [0.1, 0.15) is 6.04 Å². The number of nitrogens with one attached hydrogen (secondary N) is 4. The summed E-state index contributed by atoms with van der Waals surface area (Å²) in [7, 11) is 0. The molecule has 0 radical (unpaired) electrons. The van der Waals surface area contributed by atoms with Crippen LogP contribution in [-0.4, -0.2) is 60.0 Å². The fourth-order valence-corrected chi connectivity index (χ4v) is 3.00. The standard InChI is InChI=1S/C20H36BrN5O5/c1-13(2)18(26-16(28)9-5-4-6-10-23-17(29)12-21)19(30)25-15(14(3)27)8-7-11-24-20(22)31/h13,15,18H,4-12H2,1-3H3,(H,23,29)(H,25,30)(H,26,28)(H3,22,24,31)/t15-,18?/m0/s1. The number of unbranched alkanes of at least 4 members (excludes halogenated alkanes) is 2. The van der Waals surface area contributed by atoms with Crippen molar-refractivity contribution in [1.29, 1.82) is 0 Å². The second-order valence-electron chi connectivity index (χ2n) is 7.69. The number of urea groups is 1. The van der Waals surface area contributed by atoms with Gasteiger partial charge in [-0.25, -0.2) is 4.79 Å². The zero-order valence-electron chi connectivity index (χ0n) is 18.6. The molecule has 0 rings (SSSR count). The van der Waals surface area contributed by atoms with Crippen molar-refractivity contribution in [3.8, 4) is 0 Å². The lowest BCUT2D eigenvalue weighted by molar-refractivity contribution is -0.132. The Balaban J connectivity index is 4.47. The summed E-state index contributed by atoms with van der Waals surface area (Å²) in [5, 5.41) is 10.9. The highest BCUT2D eigenvalue weighted by atomic mass is 79.9. The van der Waals surface area contributed by atoms with Gasteiger partial charge in [-0.2, -0.15) is 0 Å². The van der Waals surface area contributed by atoms with E-state index in [0.29, 0.717) is 32.4 Å². The van der Waals surface area contributed by atoms with Crippen molar-refractivity contribution in [2.45, 2.75) is 71.4 Å². The number of alkyl halides is 1. The Kier molecular flexibility index (Phi) is 15.4. The zero-order chi connectivity index (χ0) is 23.8. The van der Waals surface area contributed by atoms with Crippen LogP contribution in [0.3, 0.4) is 0 Å². The predicted molar refractivity (Wildman–Crippen MR) is 121 cm³/mol. The van der Waals surface area contributed by atoms with Crippen LogP contribution in [0.5, 0.6) is 0 Å². The molecule has 1 unspecified atom stereocenters. The van der Waals surface area contributed by atoms with Gasteiger partial charge in [0.15, 0.2) is 5.78 Å². The Morgan fingerprint density at radius 1 is 0.871 bits per heavy atom. The van der Waals surface area contributed by atoms with E-state index in [4.69, 9.17) is 5.73 Å². The number of carbonyl (C=O) groups is 5. The minimum absolute atomic E-state index is 0.0727. The molecular weight excluding hydrogens is 470 g/mol. The molecule has 0 spiro atoms. The second-order valence-corrected chi connectivity index (χ2v) is 8.25. The van der Waals surface area contributed by atoms with Crippen LogP contribution in [0.15, 0.2) is 0 Å².